The highest BCUT2D eigenvalue weighted by Crippen LogP contribution is 2.24. The van der Waals surface area contributed by atoms with Gasteiger partial charge in [0.05, 0.1) is 11.7 Å². The predicted octanol–water partition coefficient (Wildman–Crippen LogP) is 1.64. The Bertz CT molecular complexity index is 732. The average Bonchev–Trinajstić information content (AvgIpc) is 2.50. The number of ether oxygens (including phenoxy) is 1. The maximum Gasteiger partial charge on any atom is 0.270 e. The first-order valence-electron chi connectivity index (χ1n) is 7.19. The molecular weight excluding hydrogens is 299 g/mol. The van der Waals surface area contributed by atoms with Crippen molar-refractivity contribution in [3.8, 4) is 11.5 Å². The number of amides is 1. The van der Waals surface area contributed by atoms with Crippen LogP contribution < -0.4 is 15.8 Å². The molecule has 3 N–H and O–H groups in total. The summed E-state index contributed by atoms with van der Waals surface area (Å²) in [6.07, 6.45) is 1.49. The number of carbonyl (C=O) groups excluding carboxylic acids is 1. The van der Waals surface area contributed by atoms with Crippen LogP contribution in [0.3, 0.4) is 0 Å². The van der Waals surface area contributed by atoms with Gasteiger partial charge in [0, 0.05) is 31.4 Å². The molecule has 0 bridgehead atoms. The van der Waals surface area contributed by atoms with Gasteiger partial charge in [0.1, 0.15) is 23.0 Å². The Kier molecular flexibility index (Phi) is 4.12. The normalized spacial score (nSPS) is 15.0. The van der Waals surface area contributed by atoms with Crippen molar-refractivity contribution in [1.82, 2.24) is 15.2 Å². The van der Waals surface area contributed by atoms with Crippen LogP contribution in [0.1, 0.15) is 10.5 Å². The second-order valence-electron chi connectivity index (χ2n) is 5.55. The Labute approximate surface area is 133 Å². The van der Waals surface area contributed by atoms with Gasteiger partial charge in [-0.25, -0.2) is 4.39 Å². The molecule has 1 fully saturated rings. The van der Waals surface area contributed by atoms with Gasteiger partial charge in [-0.15, -0.1) is 0 Å². The summed E-state index contributed by atoms with van der Waals surface area (Å²) < 4.78 is 18.7. The van der Waals surface area contributed by atoms with Crippen LogP contribution in [-0.4, -0.2) is 42.0 Å². The SMILES string of the molecule is CN1CC(NC(=O)c2cc(Oc3ccc(F)c(N)c3)ccn2)C1. The Morgan fingerprint density at radius 1 is 1.35 bits per heavy atom. The minimum atomic E-state index is -0.502. The number of likely N-dealkylation sites (tertiary alicyclic amines) is 1. The summed E-state index contributed by atoms with van der Waals surface area (Å²) in [4.78, 5) is 18.3. The molecule has 6 nitrogen and oxygen atoms in total. The summed E-state index contributed by atoms with van der Waals surface area (Å²) in [7, 11) is 1.99. The average molecular weight is 316 g/mol. The second kappa shape index (κ2) is 6.21. The third-order valence-corrected chi connectivity index (χ3v) is 3.57. The van der Waals surface area contributed by atoms with Gasteiger partial charge in [-0.3, -0.25) is 9.78 Å². The lowest BCUT2D eigenvalue weighted by molar-refractivity contribution is 0.0852. The van der Waals surface area contributed by atoms with Crippen LogP contribution in [0.25, 0.3) is 0 Å². The van der Waals surface area contributed by atoms with Crippen LogP contribution >= 0.6 is 0 Å². The van der Waals surface area contributed by atoms with Crippen molar-refractivity contribution in [2.45, 2.75) is 6.04 Å². The number of likely N-dealkylation sites (N-methyl/N-ethyl adjacent to an activating group) is 1. The topological polar surface area (TPSA) is 80.5 Å². The lowest BCUT2D eigenvalue weighted by Gasteiger charge is -2.36. The Morgan fingerprint density at radius 2 is 2.09 bits per heavy atom. The van der Waals surface area contributed by atoms with Crippen molar-refractivity contribution >= 4 is 11.6 Å². The molecule has 2 aromatic rings. The van der Waals surface area contributed by atoms with Gasteiger partial charge in [0.2, 0.25) is 0 Å². The Hall–Kier alpha value is -2.67. The molecule has 1 saturated heterocycles. The van der Waals surface area contributed by atoms with Crippen LogP contribution in [0.2, 0.25) is 0 Å². The fourth-order valence-corrected chi connectivity index (χ4v) is 2.37. The highest BCUT2D eigenvalue weighted by molar-refractivity contribution is 5.92. The Morgan fingerprint density at radius 3 is 2.78 bits per heavy atom. The van der Waals surface area contributed by atoms with Crippen molar-refractivity contribution in [2.75, 3.05) is 25.9 Å². The fraction of sp³-hybridized carbons (Fsp3) is 0.250. The van der Waals surface area contributed by atoms with Crippen LogP contribution in [-0.2, 0) is 0 Å². The van der Waals surface area contributed by atoms with E-state index in [0.29, 0.717) is 11.5 Å². The number of halogens is 1. The number of aromatic nitrogens is 1. The lowest BCUT2D eigenvalue weighted by Crippen LogP contribution is -2.57. The Balaban J connectivity index is 1.69. The molecule has 1 amide bonds. The number of hydrogen-bond donors (Lipinski definition) is 2. The molecule has 0 spiro atoms. The number of hydrogen-bond acceptors (Lipinski definition) is 5. The first-order valence-corrected chi connectivity index (χ1v) is 7.19. The third kappa shape index (κ3) is 3.57. The van der Waals surface area contributed by atoms with Crippen molar-refractivity contribution < 1.29 is 13.9 Å². The highest BCUT2D eigenvalue weighted by Gasteiger charge is 2.25. The summed E-state index contributed by atoms with van der Waals surface area (Å²) in [5.41, 5.74) is 5.78. The van der Waals surface area contributed by atoms with E-state index in [9.17, 15) is 9.18 Å². The number of nitrogen functional groups attached to an aromatic ring is 1. The molecular formula is C16H17FN4O2. The van der Waals surface area contributed by atoms with Gasteiger partial charge in [-0.2, -0.15) is 0 Å². The minimum Gasteiger partial charge on any atom is -0.457 e. The molecule has 1 aliphatic heterocycles. The zero-order valence-corrected chi connectivity index (χ0v) is 12.6. The van der Waals surface area contributed by atoms with Gasteiger partial charge >= 0.3 is 0 Å². The zero-order valence-electron chi connectivity index (χ0n) is 12.6. The minimum absolute atomic E-state index is 0.00336. The first-order chi connectivity index (χ1) is 11.0. The van der Waals surface area contributed by atoms with Crippen LogP contribution in [0.4, 0.5) is 10.1 Å². The monoisotopic (exact) mass is 316 g/mol. The van der Waals surface area contributed by atoms with E-state index in [2.05, 4.69) is 15.2 Å². The van der Waals surface area contributed by atoms with E-state index in [4.69, 9.17) is 10.5 Å². The number of pyridine rings is 1. The molecule has 1 aromatic heterocycles. The van der Waals surface area contributed by atoms with Crippen molar-refractivity contribution in [2.24, 2.45) is 0 Å². The third-order valence-electron chi connectivity index (χ3n) is 3.57. The number of nitrogens with one attached hydrogen (secondary N) is 1. The van der Waals surface area contributed by atoms with E-state index in [-0.39, 0.29) is 23.3 Å². The molecule has 0 atom stereocenters. The van der Waals surface area contributed by atoms with E-state index in [0.717, 1.165) is 13.1 Å². The summed E-state index contributed by atoms with van der Waals surface area (Å²) >= 11 is 0. The summed E-state index contributed by atoms with van der Waals surface area (Å²) in [5.74, 6) is 0.0775. The summed E-state index contributed by atoms with van der Waals surface area (Å²) in [6, 6.07) is 7.39. The highest BCUT2D eigenvalue weighted by atomic mass is 19.1. The molecule has 2 heterocycles. The van der Waals surface area contributed by atoms with Crippen LogP contribution in [0.15, 0.2) is 36.5 Å². The van der Waals surface area contributed by atoms with Crippen molar-refractivity contribution in [3.05, 3.63) is 48.0 Å². The predicted molar refractivity (Wildman–Crippen MR) is 83.9 cm³/mol. The largest absolute Gasteiger partial charge is 0.457 e. The number of nitrogens with zero attached hydrogens (tertiary/aromatic N) is 2. The van der Waals surface area contributed by atoms with Crippen LogP contribution in [0.5, 0.6) is 11.5 Å². The standard InChI is InChI=1S/C16H17FN4O2/c1-21-8-10(9-21)20-16(22)15-7-12(4-5-19-15)23-11-2-3-13(17)14(18)6-11/h2-7,10H,8-9,18H2,1H3,(H,20,22). The molecule has 120 valence electrons. The number of anilines is 1. The molecule has 0 unspecified atom stereocenters. The van der Waals surface area contributed by atoms with Crippen LogP contribution in [0, 0.1) is 5.82 Å². The molecule has 23 heavy (non-hydrogen) atoms. The summed E-state index contributed by atoms with van der Waals surface area (Å²) in [6.45, 7) is 1.66. The van der Waals surface area contributed by atoms with Gasteiger partial charge in [0.25, 0.3) is 5.91 Å². The molecule has 1 aliphatic rings. The van der Waals surface area contributed by atoms with E-state index >= 15 is 0 Å². The van der Waals surface area contributed by atoms with Gasteiger partial charge in [0.15, 0.2) is 0 Å². The van der Waals surface area contributed by atoms with Gasteiger partial charge < -0.3 is 20.7 Å². The lowest BCUT2D eigenvalue weighted by atomic mass is 10.1. The molecule has 3 rings (SSSR count). The zero-order chi connectivity index (χ0) is 16.4. The van der Waals surface area contributed by atoms with E-state index < -0.39 is 5.82 Å². The maximum absolute atomic E-state index is 13.1. The quantitative estimate of drug-likeness (QED) is 0.838. The fourth-order valence-electron chi connectivity index (χ4n) is 2.37. The number of carbonyl (C=O) groups is 1. The number of nitrogens with two attached hydrogens (primary N) is 1. The number of benzene rings is 1. The first kappa shape index (κ1) is 15.2. The molecule has 0 radical (unpaired) electrons. The molecule has 0 saturated carbocycles. The van der Waals surface area contributed by atoms with Gasteiger partial charge in [-0.05, 0) is 25.2 Å². The number of rotatable bonds is 4. The molecule has 1 aromatic carbocycles. The van der Waals surface area contributed by atoms with E-state index in [1.807, 2.05) is 7.05 Å². The van der Waals surface area contributed by atoms with E-state index in [1.54, 1.807) is 6.07 Å². The summed E-state index contributed by atoms with van der Waals surface area (Å²) in [5, 5.41) is 2.90. The maximum atomic E-state index is 13.1. The molecule has 7 heteroatoms. The van der Waals surface area contributed by atoms with Crippen molar-refractivity contribution in [3.63, 3.8) is 0 Å². The van der Waals surface area contributed by atoms with E-state index in [1.165, 1.54) is 30.5 Å². The second-order valence-corrected chi connectivity index (χ2v) is 5.55. The van der Waals surface area contributed by atoms with Gasteiger partial charge in [-0.1, -0.05) is 0 Å². The smallest absolute Gasteiger partial charge is 0.270 e. The molecule has 0 aliphatic carbocycles. The van der Waals surface area contributed by atoms with Crippen molar-refractivity contribution in [1.29, 1.82) is 0 Å².